The second-order valence-electron chi connectivity index (χ2n) is 11.7. The minimum atomic E-state index is -0.676. The van der Waals surface area contributed by atoms with Gasteiger partial charge in [0.25, 0.3) is 0 Å². The Kier molecular flexibility index (Phi) is 16.7. The van der Waals surface area contributed by atoms with Crippen LogP contribution in [0.2, 0.25) is 0 Å². The fourth-order valence-corrected chi connectivity index (χ4v) is 3.30. The van der Waals surface area contributed by atoms with Gasteiger partial charge in [-0.1, -0.05) is 51.1 Å². The van der Waals surface area contributed by atoms with Gasteiger partial charge in [-0.2, -0.15) is 0 Å². The summed E-state index contributed by atoms with van der Waals surface area (Å²) in [6.07, 6.45) is 7.71. The Morgan fingerprint density at radius 2 is 1.68 bits per heavy atom. The number of ether oxygens (including phenoxy) is 1. The lowest BCUT2D eigenvalue weighted by atomic mass is 9.81. The Morgan fingerprint density at radius 1 is 1.03 bits per heavy atom. The van der Waals surface area contributed by atoms with Crippen molar-refractivity contribution in [3.63, 3.8) is 0 Å². The molecule has 0 aliphatic rings. The van der Waals surface area contributed by atoms with Crippen LogP contribution < -0.4 is 10.6 Å². The minimum absolute atomic E-state index is 0.129. The number of hydrogen-bond donors (Lipinski definition) is 2. The predicted molar refractivity (Wildman–Crippen MR) is 157 cm³/mol. The normalized spacial score (nSPS) is 13.3. The molecule has 0 rings (SSSR count). The monoisotopic (exact) mass is 517 g/mol. The van der Waals surface area contributed by atoms with Gasteiger partial charge in [-0.25, -0.2) is 4.79 Å². The lowest BCUT2D eigenvalue weighted by Crippen LogP contribution is -2.44. The summed E-state index contributed by atoms with van der Waals surface area (Å²) in [6, 6.07) is -0.676. The van der Waals surface area contributed by atoms with Gasteiger partial charge in [-0.3, -0.25) is 4.79 Å². The summed E-state index contributed by atoms with van der Waals surface area (Å²) >= 11 is 0. The highest BCUT2D eigenvalue weighted by Crippen LogP contribution is 2.22. The number of unbranched alkanes of at least 4 members (excludes halogenated alkanes) is 1. The van der Waals surface area contributed by atoms with Gasteiger partial charge in [-0.15, -0.1) is 0 Å². The van der Waals surface area contributed by atoms with Crippen LogP contribution in [0.4, 0.5) is 4.79 Å². The molecule has 1 radical (unpaired) electrons. The number of amides is 1. The maximum absolute atomic E-state index is 13.1. The zero-order valence-corrected chi connectivity index (χ0v) is 25.2. The number of ketones is 1. The maximum atomic E-state index is 13.1. The van der Waals surface area contributed by atoms with Crippen molar-refractivity contribution >= 4 is 19.4 Å². The number of carbonyl (C=O) groups is 2. The fourth-order valence-electron chi connectivity index (χ4n) is 3.30. The van der Waals surface area contributed by atoms with Gasteiger partial charge in [0, 0.05) is 5.60 Å². The molecule has 0 saturated carbocycles. The summed E-state index contributed by atoms with van der Waals surface area (Å²) in [5.74, 6) is 0.284. The van der Waals surface area contributed by atoms with Crippen molar-refractivity contribution in [1.82, 2.24) is 10.6 Å². The summed E-state index contributed by atoms with van der Waals surface area (Å²) in [4.78, 5) is 25.5. The molecule has 1 amide bonds. The van der Waals surface area contributed by atoms with Gasteiger partial charge in [0.2, 0.25) is 0 Å². The molecule has 2 N–H and O–H groups in total. The number of alkyl carbamates (subject to hydrolysis) is 1. The highest BCUT2D eigenvalue weighted by Gasteiger charge is 2.26. The SMILES string of the molecule is C=C(CC/C=C(/[B]OC(C)(C)C(C)C)CC)CC[C@H](NC(=O)OC(C)(C)C)C(=O)C(=C)CCCCNC. The average Bonchev–Trinajstić information content (AvgIpc) is 2.79. The molecule has 0 heterocycles. The third-order valence-electron chi connectivity index (χ3n) is 6.51. The Labute approximate surface area is 228 Å². The first-order chi connectivity index (χ1) is 17.1. The first-order valence-corrected chi connectivity index (χ1v) is 13.9. The Hall–Kier alpha value is -1.86. The van der Waals surface area contributed by atoms with E-state index in [0.717, 1.165) is 49.7 Å². The number of carbonyl (C=O) groups excluding carboxylic acids is 2. The summed E-state index contributed by atoms with van der Waals surface area (Å²) in [5, 5.41) is 5.88. The van der Waals surface area contributed by atoms with Crippen LogP contribution in [0.3, 0.4) is 0 Å². The predicted octanol–water partition coefficient (Wildman–Crippen LogP) is 6.88. The zero-order chi connectivity index (χ0) is 28.6. The first kappa shape index (κ1) is 35.1. The van der Waals surface area contributed by atoms with E-state index in [9.17, 15) is 9.59 Å². The fraction of sp³-hybridized carbons (Fsp3) is 0.733. The van der Waals surface area contributed by atoms with E-state index < -0.39 is 17.7 Å². The highest BCUT2D eigenvalue weighted by atomic mass is 16.6. The summed E-state index contributed by atoms with van der Waals surface area (Å²) < 4.78 is 11.4. The van der Waals surface area contributed by atoms with Crippen LogP contribution >= 0.6 is 0 Å². The molecule has 0 aliphatic carbocycles. The maximum Gasteiger partial charge on any atom is 0.408 e. The van der Waals surface area contributed by atoms with E-state index in [0.29, 0.717) is 30.8 Å². The van der Waals surface area contributed by atoms with Gasteiger partial charge in [0.15, 0.2) is 5.78 Å². The van der Waals surface area contributed by atoms with Crippen LogP contribution in [-0.2, 0) is 14.2 Å². The molecule has 6 nitrogen and oxygen atoms in total. The Balaban J connectivity index is 4.99. The van der Waals surface area contributed by atoms with Crippen LogP contribution in [0.1, 0.15) is 107 Å². The molecule has 0 aromatic heterocycles. The van der Waals surface area contributed by atoms with Gasteiger partial charge >= 0.3 is 13.6 Å². The second kappa shape index (κ2) is 17.6. The lowest BCUT2D eigenvalue weighted by Gasteiger charge is -2.30. The molecule has 7 heteroatoms. The smallest absolute Gasteiger partial charge is 0.408 e. The summed E-state index contributed by atoms with van der Waals surface area (Å²) in [7, 11) is 3.79. The van der Waals surface area contributed by atoms with Gasteiger partial charge in [0.1, 0.15) is 5.60 Å². The number of hydrogen-bond acceptors (Lipinski definition) is 5. The van der Waals surface area contributed by atoms with E-state index in [4.69, 9.17) is 9.39 Å². The van der Waals surface area contributed by atoms with Crippen LogP contribution in [0.25, 0.3) is 0 Å². The molecular weight excluding hydrogens is 463 g/mol. The number of nitrogens with one attached hydrogen (secondary N) is 2. The number of rotatable bonds is 19. The molecule has 0 bridgehead atoms. The van der Waals surface area contributed by atoms with Crippen molar-refractivity contribution in [2.75, 3.05) is 13.6 Å². The van der Waals surface area contributed by atoms with Crippen molar-refractivity contribution in [3.05, 3.63) is 35.9 Å². The van der Waals surface area contributed by atoms with Crippen molar-refractivity contribution in [1.29, 1.82) is 0 Å². The molecule has 1 atom stereocenters. The average molecular weight is 518 g/mol. The topological polar surface area (TPSA) is 76.7 Å². The molecule has 211 valence electrons. The van der Waals surface area contributed by atoms with Crippen molar-refractivity contribution in [2.45, 2.75) is 124 Å². The first-order valence-electron chi connectivity index (χ1n) is 13.9. The van der Waals surface area contributed by atoms with Crippen LogP contribution in [0.5, 0.6) is 0 Å². The van der Waals surface area contributed by atoms with Crippen molar-refractivity contribution in [3.8, 4) is 0 Å². The zero-order valence-electron chi connectivity index (χ0n) is 25.2. The van der Waals surface area contributed by atoms with Crippen molar-refractivity contribution < 1.29 is 19.0 Å². The quantitative estimate of drug-likeness (QED) is 0.0846. The van der Waals surface area contributed by atoms with Crippen LogP contribution in [0, 0.1) is 5.92 Å². The van der Waals surface area contributed by atoms with Crippen LogP contribution in [-0.4, -0.2) is 50.2 Å². The van der Waals surface area contributed by atoms with Crippen molar-refractivity contribution in [2.24, 2.45) is 5.92 Å². The van der Waals surface area contributed by atoms with E-state index in [2.05, 4.69) is 64.5 Å². The molecule has 0 saturated heterocycles. The molecular formula is C30H54BN2O4. The molecule has 0 aliphatic heterocycles. The lowest BCUT2D eigenvalue weighted by molar-refractivity contribution is -0.117. The van der Waals surface area contributed by atoms with E-state index in [1.807, 2.05) is 14.5 Å². The molecule has 0 aromatic rings. The van der Waals surface area contributed by atoms with Gasteiger partial charge in [0.05, 0.1) is 6.04 Å². The number of Topliss-reactive ketones (excluding diaryl/α,β-unsaturated/α-hetero) is 1. The summed E-state index contributed by atoms with van der Waals surface area (Å²) in [6.45, 7) is 25.1. The van der Waals surface area contributed by atoms with Gasteiger partial charge in [-0.05, 0) is 111 Å². The Morgan fingerprint density at radius 3 is 2.22 bits per heavy atom. The Bertz CT molecular complexity index is 766. The molecule has 0 fully saturated rings. The second-order valence-corrected chi connectivity index (χ2v) is 11.7. The molecule has 0 aromatic carbocycles. The minimum Gasteiger partial charge on any atom is -0.444 e. The standard InChI is InChI=1S/C30H54BN2O4/c1-12-25(31-37-30(9,10)22(2)3)18-15-16-23(4)19-20-26(33-28(35)36-29(6,7)8)27(34)24(5)17-13-14-21-32-11/h18,22,26,32H,4-5,12-17,19-21H2,1-3,6-11H3,(H,33,35)/b25-18+/t26-/m0/s1. The third kappa shape index (κ3) is 16.6. The third-order valence-corrected chi connectivity index (χ3v) is 6.51. The number of allylic oxidation sites excluding steroid dienone is 3. The molecule has 0 unspecified atom stereocenters. The van der Waals surface area contributed by atoms with E-state index in [1.54, 1.807) is 20.8 Å². The molecule has 0 spiro atoms. The van der Waals surface area contributed by atoms with E-state index in [-0.39, 0.29) is 11.4 Å². The van der Waals surface area contributed by atoms with E-state index in [1.165, 1.54) is 0 Å². The van der Waals surface area contributed by atoms with E-state index >= 15 is 0 Å². The molecule has 37 heavy (non-hydrogen) atoms. The largest absolute Gasteiger partial charge is 0.444 e. The highest BCUT2D eigenvalue weighted by molar-refractivity contribution is 6.38. The van der Waals surface area contributed by atoms with Gasteiger partial charge < -0.3 is 20.0 Å². The summed E-state index contributed by atoms with van der Waals surface area (Å²) in [5.41, 5.74) is 1.89. The van der Waals surface area contributed by atoms with Crippen LogP contribution in [0.15, 0.2) is 35.9 Å².